The third-order valence-corrected chi connectivity index (χ3v) is 8.08. The molecular weight excluding hydrogens is 478 g/mol. The molecule has 1 aliphatic rings. The van der Waals surface area contributed by atoms with E-state index in [1.54, 1.807) is 15.5 Å². The number of likely N-dealkylation sites (tertiary alicyclic amines) is 1. The number of carbonyl (C=O) groups is 2. The van der Waals surface area contributed by atoms with Gasteiger partial charge in [0.05, 0.1) is 15.9 Å². The van der Waals surface area contributed by atoms with Crippen LogP contribution in [0.25, 0.3) is 15.4 Å². The highest BCUT2D eigenvalue weighted by molar-refractivity contribution is 7.15. The first-order chi connectivity index (χ1) is 15.8. The SMILES string of the molecule is Cc1nc(C(=O)N2CC[C@@H]2CNC(=O)c2c(Cl)nc3sccn23)c(-c2ccc(C)c(C)c2)s1. The van der Waals surface area contributed by atoms with Crippen LogP contribution in [0.3, 0.4) is 0 Å². The molecule has 3 aromatic heterocycles. The minimum atomic E-state index is -0.300. The number of fused-ring (bicyclic) bond motifs is 1. The van der Waals surface area contributed by atoms with Gasteiger partial charge in [0.25, 0.3) is 11.8 Å². The van der Waals surface area contributed by atoms with Crippen molar-refractivity contribution in [3.63, 3.8) is 0 Å². The van der Waals surface area contributed by atoms with E-state index in [0.717, 1.165) is 21.9 Å². The molecule has 1 aliphatic heterocycles. The van der Waals surface area contributed by atoms with Crippen LogP contribution in [0.1, 0.15) is 43.5 Å². The molecular formula is C23H22ClN5O2S2. The quantitative estimate of drug-likeness (QED) is 0.430. The highest BCUT2D eigenvalue weighted by Gasteiger charge is 2.35. The van der Waals surface area contributed by atoms with Crippen molar-refractivity contribution < 1.29 is 9.59 Å². The summed E-state index contributed by atoms with van der Waals surface area (Å²) in [5.74, 6) is -0.397. The van der Waals surface area contributed by atoms with Crippen molar-refractivity contribution in [3.8, 4) is 10.4 Å². The van der Waals surface area contributed by atoms with E-state index in [1.165, 1.54) is 33.8 Å². The fourth-order valence-electron chi connectivity index (χ4n) is 3.96. The van der Waals surface area contributed by atoms with Gasteiger partial charge in [0.15, 0.2) is 15.8 Å². The number of nitrogens with one attached hydrogen (secondary N) is 1. The van der Waals surface area contributed by atoms with E-state index < -0.39 is 0 Å². The lowest BCUT2D eigenvalue weighted by atomic mass is 10.0. The van der Waals surface area contributed by atoms with Gasteiger partial charge >= 0.3 is 0 Å². The molecule has 170 valence electrons. The first-order valence-corrected chi connectivity index (χ1v) is 12.7. The van der Waals surface area contributed by atoms with Gasteiger partial charge in [-0.25, -0.2) is 9.97 Å². The molecule has 4 aromatic rings. The highest BCUT2D eigenvalue weighted by Crippen LogP contribution is 2.33. The van der Waals surface area contributed by atoms with Crippen LogP contribution in [0.2, 0.25) is 5.15 Å². The van der Waals surface area contributed by atoms with Crippen molar-refractivity contribution >= 4 is 51.0 Å². The Bertz CT molecular complexity index is 1390. The molecule has 1 aromatic carbocycles. The Morgan fingerprint density at radius 1 is 1.21 bits per heavy atom. The van der Waals surface area contributed by atoms with Crippen LogP contribution in [0, 0.1) is 20.8 Å². The number of thiazole rings is 2. The number of aryl methyl sites for hydroxylation is 3. The molecule has 1 saturated heterocycles. The Hall–Kier alpha value is -2.75. The summed E-state index contributed by atoms with van der Waals surface area (Å²) < 4.78 is 1.68. The molecule has 5 rings (SSSR count). The second kappa shape index (κ2) is 8.55. The maximum atomic E-state index is 13.4. The standard InChI is InChI=1S/C23H22ClN5O2S2/c1-12-4-5-15(10-13(12)2)19-17(26-14(3)33-19)22(31)28-7-6-16(28)11-25-21(30)18-20(24)27-23-29(18)8-9-32-23/h4-5,8-10,16H,6-7,11H2,1-3H3,(H,25,30)/t16-/m1/s1. The molecule has 1 N–H and O–H groups in total. The van der Waals surface area contributed by atoms with Crippen molar-refractivity contribution in [2.75, 3.05) is 13.1 Å². The monoisotopic (exact) mass is 499 g/mol. The Labute approximate surface area is 204 Å². The largest absolute Gasteiger partial charge is 0.349 e. The number of carbonyl (C=O) groups excluding carboxylic acids is 2. The number of hydrogen-bond acceptors (Lipinski definition) is 6. The fraction of sp³-hybridized carbons (Fsp3) is 0.304. The van der Waals surface area contributed by atoms with Crippen molar-refractivity contribution in [1.82, 2.24) is 24.6 Å². The van der Waals surface area contributed by atoms with Crippen molar-refractivity contribution in [3.05, 3.63) is 62.5 Å². The topological polar surface area (TPSA) is 79.6 Å². The Balaban J connectivity index is 1.31. The lowest BCUT2D eigenvalue weighted by Crippen LogP contribution is -2.56. The van der Waals surface area contributed by atoms with Crippen LogP contribution in [-0.2, 0) is 0 Å². The molecule has 0 aliphatic carbocycles. The highest BCUT2D eigenvalue weighted by atomic mass is 35.5. The zero-order valence-corrected chi connectivity index (χ0v) is 20.8. The van der Waals surface area contributed by atoms with E-state index in [4.69, 9.17) is 11.6 Å². The molecule has 0 bridgehead atoms. The van der Waals surface area contributed by atoms with Crippen LogP contribution >= 0.6 is 34.3 Å². The maximum Gasteiger partial charge on any atom is 0.274 e. The number of benzene rings is 1. The van der Waals surface area contributed by atoms with Crippen LogP contribution in [0.5, 0.6) is 0 Å². The van der Waals surface area contributed by atoms with Crippen molar-refractivity contribution in [2.45, 2.75) is 33.2 Å². The summed E-state index contributed by atoms with van der Waals surface area (Å²) in [5.41, 5.74) is 4.20. The molecule has 0 unspecified atom stereocenters. The minimum absolute atomic E-state index is 0.0827. The number of rotatable bonds is 5. The molecule has 2 amide bonds. The first-order valence-electron chi connectivity index (χ1n) is 10.6. The van der Waals surface area contributed by atoms with Gasteiger partial charge in [-0.1, -0.05) is 29.8 Å². The van der Waals surface area contributed by atoms with Gasteiger partial charge < -0.3 is 10.2 Å². The van der Waals surface area contributed by atoms with Crippen LogP contribution in [0.4, 0.5) is 0 Å². The number of amides is 2. The molecule has 0 saturated carbocycles. The summed E-state index contributed by atoms with van der Waals surface area (Å²) in [5, 5.41) is 5.80. The van der Waals surface area contributed by atoms with E-state index >= 15 is 0 Å². The van der Waals surface area contributed by atoms with Gasteiger partial charge in [-0.15, -0.1) is 22.7 Å². The van der Waals surface area contributed by atoms with Gasteiger partial charge in [-0.05, 0) is 43.9 Å². The second-order valence-corrected chi connectivity index (χ2v) is 10.6. The molecule has 10 heteroatoms. The van der Waals surface area contributed by atoms with E-state index in [1.807, 2.05) is 18.4 Å². The Morgan fingerprint density at radius 3 is 2.76 bits per heavy atom. The predicted molar refractivity (Wildman–Crippen MR) is 132 cm³/mol. The van der Waals surface area contributed by atoms with Gasteiger partial charge in [0, 0.05) is 24.7 Å². The fourth-order valence-corrected chi connectivity index (χ4v) is 5.89. The molecule has 0 spiro atoms. The van der Waals surface area contributed by atoms with Crippen LogP contribution in [-0.4, -0.2) is 50.2 Å². The first kappa shape index (κ1) is 22.1. The van der Waals surface area contributed by atoms with Crippen molar-refractivity contribution in [1.29, 1.82) is 0 Å². The zero-order valence-electron chi connectivity index (χ0n) is 18.4. The third-order valence-electron chi connectivity index (χ3n) is 6.04. The van der Waals surface area contributed by atoms with Crippen LogP contribution < -0.4 is 5.32 Å². The Morgan fingerprint density at radius 2 is 2.03 bits per heavy atom. The van der Waals surface area contributed by atoms with Gasteiger partial charge in [0.1, 0.15) is 5.69 Å². The van der Waals surface area contributed by atoms with Crippen LogP contribution in [0.15, 0.2) is 29.8 Å². The maximum absolute atomic E-state index is 13.4. The van der Waals surface area contributed by atoms with E-state index in [-0.39, 0.29) is 23.0 Å². The van der Waals surface area contributed by atoms with Crippen molar-refractivity contribution in [2.24, 2.45) is 0 Å². The molecule has 4 heterocycles. The zero-order chi connectivity index (χ0) is 23.3. The summed E-state index contributed by atoms with van der Waals surface area (Å²) in [6, 6.07) is 6.14. The van der Waals surface area contributed by atoms with E-state index in [2.05, 4.69) is 41.3 Å². The van der Waals surface area contributed by atoms with E-state index in [9.17, 15) is 9.59 Å². The third kappa shape index (κ3) is 3.94. The minimum Gasteiger partial charge on any atom is -0.349 e. The number of nitrogens with zero attached hydrogens (tertiary/aromatic N) is 4. The smallest absolute Gasteiger partial charge is 0.274 e. The Kier molecular flexibility index (Phi) is 5.72. The summed E-state index contributed by atoms with van der Waals surface area (Å²) >= 11 is 9.11. The number of halogens is 1. The van der Waals surface area contributed by atoms with E-state index in [0.29, 0.717) is 29.4 Å². The summed E-state index contributed by atoms with van der Waals surface area (Å²) in [7, 11) is 0. The molecule has 1 atom stereocenters. The predicted octanol–water partition coefficient (Wildman–Crippen LogP) is 4.74. The second-order valence-electron chi connectivity index (χ2n) is 8.17. The van der Waals surface area contributed by atoms with Gasteiger partial charge in [0.2, 0.25) is 0 Å². The molecule has 33 heavy (non-hydrogen) atoms. The van der Waals surface area contributed by atoms with Gasteiger partial charge in [-0.2, -0.15) is 0 Å². The number of imidazole rings is 1. The summed E-state index contributed by atoms with van der Waals surface area (Å²) in [4.78, 5) is 38.3. The average molecular weight is 500 g/mol. The number of hydrogen-bond donors (Lipinski definition) is 1. The average Bonchev–Trinajstić information content (AvgIpc) is 3.43. The summed E-state index contributed by atoms with van der Waals surface area (Å²) in [6.07, 6.45) is 2.59. The molecule has 1 fully saturated rings. The molecule has 0 radical (unpaired) electrons. The number of aromatic nitrogens is 3. The lowest BCUT2D eigenvalue weighted by Gasteiger charge is -2.40. The lowest BCUT2D eigenvalue weighted by molar-refractivity contribution is 0.0451. The normalized spacial score (nSPS) is 15.6. The summed E-state index contributed by atoms with van der Waals surface area (Å²) in [6.45, 7) is 7.05. The molecule has 7 nitrogen and oxygen atoms in total. The van der Waals surface area contributed by atoms with Gasteiger partial charge in [-0.3, -0.25) is 14.0 Å².